The zero-order valence-electron chi connectivity index (χ0n) is 16.7. The third-order valence-corrected chi connectivity index (χ3v) is 4.01. The Balaban J connectivity index is 1.99. The third kappa shape index (κ3) is 6.47. The van der Waals surface area contributed by atoms with Crippen molar-refractivity contribution < 1.29 is 9.47 Å². The van der Waals surface area contributed by atoms with Crippen molar-refractivity contribution >= 4 is 5.96 Å². The van der Waals surface area contributed by atoms with Crippen LogP contribution in [0.5, 0.6) is 11.6 Å². The summed E-state index contributed by atoms with van der Waals surface area (Å²) in [5.41, 5.74) is 3.38. The number of methoxy groups -OCH3 is 1. The van der Waals surface area contributed by atoms with Crippen LogP contribution in [0, 0.1) is 6.92 Å². The maximum Gasteiger partial charge on any atom is 0.218 e. The Kier molecular flexibility index (Phi) is 8.42. The van der Waals surface area contributed by atoms with Crippen molar-refractivity contribution in [3.8, 4) is 11.6 Å². The lowest BCUT2D eigenvalue weighted by molar-refractivity contribution is 0.323. The first-order chi connectivity index (χ1) is 13.2. The van der Waals surface area contributed by atoms with E-state index >= 15 is 0 Å². The second-order valence-electron chi connectivity index (χ2n) is 6.09. The second kappa shape index (κ2) is 11.1. The minimum Gasteiger partial charge on any atom is -0.496 e. The number of nitrogens with zero attached hydrogens (tertiary/aromatic N) is 2. The van der Waals surface area contributed by atoms with E-state index in [2.05, 4.69) is 46.6 Å². The monoisotopic (exact) mass is 370 g/mol. The van der Waals surface area contributed by atoms with Gasteiger partial charge in [-0.15, -0.1) is 0 Å². The summed E-state index contributed by atoms with van der Waals surface area (Å²) >= 11 is 0. The third-order valence-electron chi connectivity index (χ3n) is 4.01. The van der Waals surface area contributed by atoms with Crippen LogP contribution in [0.15, 0.2) is 41.5 Å². The van der Waals surface area contributed by atoms with Gasteiger partial charge in [0.25, 0.3) is 0 Å². The summed E-state index contributed by atoms with van der Waals surface area (Å²) < 4.78 is 11.0. The summed E-state index contributed by atoms with van der Waals surface area (Å²) in [4.78, 5) is 8.94. The van der Waals surface area contributed by atoms with Crippen LogP contribution < -0.4 is 20.1 Å². The molecule has 0 amide bonds. The van der Waals surface area contributed by atoms with Crippen molar-refractivity contribution in [3.05, 3.63) is 53.2 Å². The highest BCUT2D eigenvalue weighted by Gasteiger charge is 2.06. The van der Waals surface area contributed by atoms with Gasteiger partial charge in [0.1, 0.15) is 5.75 Å². The Morgan fingerprint density at radius 2 is 2.00 bits per heavy atom. The molecule has 27 heavy (non-hydrogen) atoms. The van der Waals surface area contributed by atoms with Gasteiger partial charge in [-0.05, 0) is 44.9 Å². The molecular formula is C21H30N4O2. The molecule has 0 bridgehead atoms. The van der Waals surface area contributed by atoms with E-state index in [1.165, 1.54) is 11.1 Å². The molecule has 2 aromatic rings. The number of nitrogens with one attached hydrogen (secondary N) is 2. The largest absolute Gasteiger partial charge is 0.496 e. The summed E-state index contributed by atoms with van der Waals surface area (Å²) in [5, 5.41) is 6.66. The molecule has 0 saturated heterocycles. The first kappa shape index (κ1) is 20.6. The Labute approximate surface area is 162 Å². The lowest BCUT2D eigenvalue weighted by atomic mass is 10.1. The Bertz CT molecular complexity index is 747. The Morgan fingerprint density at radius 1 is 1.15 bits per heavy atom. The molecule has 146 valence electrons. The van der Waals surface area contributed by atoms with Gasteiger partial charge in [-0.25, -0.2) is 9.98 Å². The average molecular weight is 370 g/mol. The van der Waals surface area contributed by atoms with Crippen molar-refractivity contribution in [1.29, 1.82) is 0 Å². The molecule has 0 aliphatic carbocycles. The van der Waals surface area contributed by atoms with Gasteiger partial charge < -0.3 is 20.1 Å². The highest BCUT2D eigenvalue weighted by molar-refractivity contribution is 5.79. The number of aliphatic imine (C=N–C) groups is 1. The average Bonchev–Trinajstić information content (AvgIpc) is 2.67. The van der Waals surface area contributed by atoms with E-state index < -0.39 is 0 Å². The molecule has 6 nitrogen and oxygen atoms in total. The number of benzene rings is 1. The van der Waals surface area contributed by atoms with Crippen LogP contribution in [0.3, 0.4) is 0 Å². The van der Waals surface area contributed by atoms with Crippen molar-refractivity contribution in [3.63, 3.8) is 0 Å². The molecule has 0 unspecified atom stereocenters. The zero-order valence-corrected chi connectivity index (χ0v) is 16.7. The minimum absolute atomic E-state index is 0.506. The lowest BCUT2D eigenvalue weighted by Gasteiger charge is -2.14. The van der Waals surface area contributed by atoms with Crippen molar-refractivity contribution in [2.45, 2.75) is 33.7 Å². The Morgan fingerprint density at radius 3 is 2.74 bits per heavy atom. The standard InChI is InChI=1S/C21H30N4O2/c1-5-22-21(25-15-18-8-7-12-23-20(18)27-6-2)24-13-11-17-14-16(3)9-10-19(17)26-4/h7-10,12,14H,5-6,11,13,15H2,1-4H3,(H2,22,24,25). The number of aryl methyl sites for hydroxylation is 1. The molecule has 2 rings (SSSR count). The zero-order chi connectivity index (χ0) is 19.5. The molecule has 6 heteroatoms. The molecule has 0 spiro atoms. The van der Waals surface area contributed by atoms with Crippen LogP contribution in [-0.4, -0.2) is 37.7 Å². The molecule has 2 N–H and O–H groups in total. The van der Waals surface area contributed by atoms with E-state index in [4.69, 9.17) is 9.47 Å². The summed E-state index contributed by atoms with van der Waals surface area (Å²) in [6.45, 7) is 8.74. The maximum absolute atomic E-state index is 5.57. The molecule has 0 atom stereocenters. The molecule has 0 fully saturated rings. The quantitative estimate of drug-likeness (QED) is 0.524. The summed E-state index contributed by atoms with van der Waals surface area (Å²) in [6, 6.07) is 10.1. The molecule has 1 heterocycles. The first-order valence-electron chi connectivity index (χ1n) is 9.40. The highest BCUT2D eigenvalue weighted by atomic mass is 16.5. The molecule has 0 aliphatic heterocycles. The lowest BCUT2D eigenvalue weighted by Crippen LogP contribution is -2.38. The molecule has 0 aliphatic rings. The van der Waals surface area contributed by atoms with E-state index in [1.54, 1.807) is 13.3 Å². The first-order valence-corrected chi connectivity index (χ1v) is 9.40. The predicted molar refractivity (Wildman–Crippen MR) is 110 cm³/mol. The van der Waals surface area contributed by atoms with Gasteiger partial charge in [0.2, 0.25) is 5.88 Å². The fraction of sp³-hybridized carbons (Fsp3) is 0.429. The van der Waals surface area contributed by atoms with E-state index in [9.17, 15) is 0 Å². The number of guanidine groups is 1. The number of hydrogen-bond acceptors (Lipinski definition) is 4. The molecule has 0 saturated carbocycles. The van der Waals surface area contributed by atoms with Gasteiger partial charge in [0.15, 0.2) is 5.96 Å². The van der Waals surface area contributed by atoms with Crippen LogP contribution in [0.1, 0.15) is 30.5 Å². The van der Waals surface area contributed by atoms with E-state index in [0.29, 0.717) is 19.0 Å². The van der Waals surface area contributed by atoms with Crippen LogP contribution in [0.2, 0.25) is 0 Å². The fourth-order valence-electron chi connectivity index (χ4n) is 2.74. The van der Waals surface area contributed by atoms with Crippen LogP contribution in [0.25, 0.3) is 0 Å². The predicted octanol–water partition coefficient (Wildman–Crippen LogP) is 3.10. The summed E-state index contributed by atoms with van der Waals surface area (Å²) in [6.07, 6.45) is 2.59. The van der Waals surface area contributed by atoms with Crippen molar-refractivity contribution in [1.82, 2.24) is 15.6 Å². The van der Waals surface area contributed by atoms with Crippen LogP contribution >= 0.6 is 0 Å². The fourth-order valence-corrected chi connectivity index (χ4v) is 2.74. The summed E-state index contributed by atoms with van der Waals surface area (Å²) in [5.74, 6) is 2.33. The van der Waals surface area contributed by atoms with Gasteiger partial charge in [-0.1, -0.05) is 23.8 Å². The van der Waals surface area contributed by atoms with Gasteiger partial charge in [0, 0.05) is 24.8 Å². The van der Waals surface area contributed by atoms with E-state index in [0.717, 1.165) is 36.8 Å². The normalized spacial score (nSPS) is 11.2. The minimum atomic E-state index is 0.506. The van der Waals surface area contributed by atoms with Crippen molar-refractivity contribution in [2.75, 3.05) is 26.8 Å². The maximum atomic E-state index is 5.57. The number of aromatic nitrogens is 1. The molecular weight excluding hydrogens is 340 g/mol. The highest BCUT2D eigenvalue weighted by Crippen LogP contribution is 2.19. The topological polar surface area (TPSA) is 67.8 Å². The summed E-state index contributed by atoms with van der Waals surface area (Å²) in [7, 11) is 1.71. The number of ether oxygens (including phenoxy) is 2. The molecule has 1 aromatic carbocycles. The van der Waals surface area contributed by atoms with Crippen LogP contribution in [0.4, 0.5) is 0 Å². The SMILES string of the molecule is CCNC(=NCc1cccnc1OCC)NCCc1cc(C)ccc1OC. The van der Waals surface area contributed by atoms with Crippen molar-refractivity contribution in [2.24, 2.45) is 4.99 Å². The van der Waals surface area contributed by atoms with Gasteiger partial charge in [0.05, 0.1) is 20.3 Å². The van der Waals surface area contributed by atoms with E-state index in [1.807, 2.05) is 25.1 Å². The smallest absolute Gasteiger partial charge is 0.218 e. The molecule has 0 radical (unpaired) electrons. The second-order valence-corrected chi connectivity index (χ2v) is 6.09. The number of rotatable bonds is 9. The van der Waals surface area contributed by atoms with Gasteiger partial charge in [-0.3, -0.25) is 0 Å². The number of pyridine rings is 1. The van der Waals surface area contributed by atoms with Gasteiger partial charge >= 0.3 is 0 Å². The Hall–Kier alpha value is -2.76. The molecule has 1 aromatic heterocycles. The number of hydrogen-bond donors (Lipinski definition) is 2. The van der Waals surface area contributed by atoms with Gasteiger partial charge in [-0.2, -0.15) is 0 Å². The van der Waals surface area contributed by atoms with Crippen LogP contribution in [-0.2, 0) is 13.0 Å². The van der Waals surface area contributed by atoms with E-state index in [-0.39, 0.29) is 0 Å².